The van der Waals surface area contributed by atoms with E-state index in [1.807, 2.05) is 37.3 Å². The molecule has 0 aliphatic carbocycles. The fourth-order valence-electron chi connectivity index (χ4n) is 7.04. The predicted octanol–water partition coefficient (Wildman–Crippen LogP) is 3.35. The van der Waals surface area contributed by atoms with E-state index in [1.165, 1.54) is 9.80 Å². The first-order valence-electron chi connectivity index (χ1n) is 15.3. The molecule has 0 unspecified atom stereocenters. The van der Waals surface area contributed by atoms with E-state index in [4.69, 9.17) is 21.1 Å². The molecule has 236 valence electrons. The van der Waals surface area contributed by atoms with E-state index in [2.05, 4.69) is 5.32 Å². The van der Waals surface area contributed by atoms with Gasteiger partial charge in [0.1, 0.15) is 23.7 Å². The maximum atomic E-state index is 14.6. The predicted molar refractivity (Wildman–Crippen MR) is 166 cm³/mol. The fraction of sp³-hybridized carbons (Fsp3) is 0.412. The molecule has 7 atom stereocenters. The van der Waals surface area contributed by atoms with Gasteiger partial charge in [0.25, 0.3) is 5.91 Å². The molecule has 0 bridgehead atoms. The molecule has 6 rings (SSSR count). The van der Waals surface area contributed by atoms with Gasteiger partial charge in [-0.2, -0.15) is 0 Å². The summed E-state index contributed by atoms with van der Waals surface area (Å²) in [4.78, 5) is 58.8. The molecule has 3 amide bonds. The first-order chi connectivity index (χ1) is 21.8. The number of benzene rings is 2. The zero-order valence-electron chi connectivity index (χ0n) is 24.9. The Balaban J connectivity index is 1.46. The number of rotatable bonds is 5. The lowest BCUT2D eigenvalue weighted by atomic mass is 9.77. The van der Waals surface area contributed by atoms with Crippen LogP contribution in [-0.2, 0) is 28.7 Å². The van der Waals surface area contributed by atoms with Crippen LogP contribution in [0.2, 0.25) is 5.02 Å². The molecule has 4 aliphatic heterocycles. The lowest BCUT2D eigenvalue weighted by molar-refractivity contribution is -0.160. The number of fused-ring (bicyclic) bond motifs is 2. The minimum absolute atomic E-state index is 0.0582. The van der Waals surface area contributed by atoms with Crippen LogP contribution >= 0.6 is 11.6 Å². The highest BCUT2D eigenvalue weighted by molar-refractivity contribution is 6.34. The largest absolute Gasteiger partial charge is 0.455 e. The van der Waals surface area contributed by atoms with Crippen LogP contribution in [0.1, 0.15) is 37.9 Å². The Morgan fingerprint density at radius 3 is 2.53 bits per heavy atom. The molecule has 2 aromatic rings. The van der Waals surface area contributed by atoms with Crippen molar-refractivity contribution in [2.45, 2.75) is 56.1 Å². The summed E-state index contributed by atoms with van der Waals surface area (Å²) in [6.07, 6.45) is 6.21. The number of hydrogen-bond donors (Lipinski definition) is 2. The second-order valence-electron chi connectivity index (χ2n) is 11.7. The SMILES string of the molecule is CC[C@@H](CO)N1C(=O)[C@@H]2[C@H]3C(=O)O[C@H](c4ccccc4)CNC(=O)CC/C=C\[C@H]3O[C@@]23C=CCN(c2ccccc2Cl)C(=O)[C@@H]13. The smallest absolute Gasteiger partial charge is 0.313 e. The van der Waals surface area contributed by atoms with Crippen molar-refractivity contribution >= 4 is 41.0 Å². The molecule has 4 aliphatic rings. The zero-order chi connectivity index (χ0) is 31.7. The number of ether oxygens (including phenoxy) is 2. The average molecular weight is 634 g/mol. The second-order valence-corrected chi connectivity index (χ2v) is 12.1. The van der Waals surface area contributed by atoms with E-state index < -0.39 is 59.5 Å². The molecular formula is C34H36ClN3O7. The van der Waals surface area contributed by atoms with Gasteiger partial charge in [-0.15, -0.1) is 0 Å². The number of carbonyl (C=O) groups excluding carboxylic acids is 4. The van der Waals surface area contributed by atoms with Crippen molar-refractivity contribution in [2.75, 3.05) is 24.6 Å². The number of anilines is 1. The van der Waals surface area contributed by atoms with Crippen molar-refractivity contribution in [3.63, 3.8) is 0 Å². The van der Waals surface area contributed by atoms with Gasteiger partial charge in [0, 0.05) is 13.0 Å². The third-order valence-electron chi connectivity index (χ3n) is 9.20. The summed E-state index contributed by atoms with van der Waals surface area (Å²) < 4.78 is 12.8. The van der Waals surface area contributed by atoms with Crippen LogP contribution in [0.25, 0.3) is 0 Å². The quantitative estimate of drug-likeness (QED) is 0.382. The second kappa shape index (κ2) is 12.8. The van der Waals surface area contributed by atoms with Gasteiger partial charge in [-0.25, -0.2) is 0 Å². The summed E-state index contributed by atoms with van der Waals surface area (Å²) >= 11 is 6.53. The number of halogens is 1. The highest BCUT2D eigenvalue weighted by Gasteiger charge is 2.72. The van der Waals surface area contributed by atoms with Crippen molar-refractivity contribution < 1.29 is 33.8 Å². The Labute approximate surface area is 266 Å². The molecule has 0 saturated carbocycles. The molecule has 0 aromatic heterocycles. The number of allylic oxidation sites excluding steroid dienone is 1. The summed E-state index contributed by atoms with van der Waals surface area (Å²) in [5.41, 5.74) is -0.361. The number of para-hydroxylation sites is 1. The van der Waals surface area contributed by atoms with E-state index in [0.717, 1.165) is 0 Å². The van der Waals surface area contributed by atoms with Gasteiger partial charge in [0.2, 0.25) is 11.8 Å². The van der Waals surface area contributed by atoms with Gasteiger partial charge in [0.15, 0.2) is 0 Å². The van der Waals surface area contributed by atoms with Crippen LogP contribution in [0.4, 0.5) is 5.69 Å². The molecule has 4 heterocycles. The molecule has 2 aromatic carbocycles. The minimum atomic E-state index is -1.53. The number of esters is 1. The van der Waals surface area contributed by atoms with Crippen LogP contribution in [-0.4, -0.2) is 77.2 Å². The van der Waals surface area contributed by atoms with Gasteiger partial charge in [-0.3, -0.25) is 19.2 Å². The number of nitrogens with one attached hydrogen (secondary N) is 1. The first-order valence-corrected chi connectivity index (χ1v) is 15.7. The number of nitrogens with zero attached hydrogens (tertiary/aromatic N) is 2. The first kappa shape index (κ1) is 31.0. The number of aliphatic hydroxyl groups excluding tert-OH is 1. The third kappa shape index (κ3) is 5.45. The lowest BCUT2D eigenvalue weighted by Crippen LogP contribution is -2.58. The number of amides is 3. The van der Waals surface area contributed by atoms with E-state index in [1.54, 1.807) is 48.6 Å². The van der Waals surface area contributed by atoms with Gasteiger partial charge < -0.3 is 29.7 Å². The van der Waals surface area contributed by atoms with Crippen LogP contribution in [0, 0.1) is 11.8 Å². The summed E-state index contributed by atoms with van der Waals surface area (Å²) in [6, 6.07) is 14.2. The normalized spacial score (nSPS) is 31.5. The molecule has 45 heavy (non-hydrogen) atoms. The molecule has 0 radical (unpaired) electrons. The lowest BCUT2D eigenvalue weighted by Gasteiger charge is -2.38. The number of carbonyl (C=O) groups is 4. The Morgan fingerprint density at radius 1 is 1.04 bits per heavy atom. The molecule has 10 nitrogen and oxygen atoms in total. The van der Waals surface area contributed by atoms with E-state index in [0.29, 0.717) is 29.1 Å². The van der Waals surface area contributed by atoms with Crippen LogP contribution < -0.4 is 10.2 Å². The number of aliphatic hydroxyl groups is 1. The van der Waals surface area contributed by atoms with E-state index >= 15 is 0 Å². The molecule has 11 heteroatoms. The molecular weight excluding hydrogens is 598 g/mol. The number of hydrogen-bond acceptors (Lipinski definition) is 7. The number of likely N-dealkylation sites (tertiary alicyclic amines) is 1. The van der Waals surface area contributed by atoms with Crippen molar-refractivity contribution in [3.05, 3.63) is 89.5 Å². The molecule has 1 spiro atoms. The Hall–Kier alpha value is -3.99. The molecule has 2 fully saturated rings. The Morgan fingerprint density at radius 2 is 1.80 bits per heavy atom. The molecule has 2 N–H and O–H groups in total. The highest BCUT2D eigenvalue weighted by atomic mass is 35.5. The van der Waals surface area contributed by atoms with Crippen LogP contribution in [0.5, 0.6) is 0 Å². The minimum Gasteiger partial charge on any atom is -0.455 e. The molecule has 2 saturated heterocycles. The van der Waals surface area contributed by atoms with Gasteiger partial charge in [0.05, 0.1) is 41.9 Å². The van der Waals surface area contributed by atoms with Crippen molar-refractivity contribution in [1.29, 1.82) is 0 Å². The summed E-state index contributed by atoms with van der Waals surface area (Å²) in [5.74, 6) is -3.95. The summed E-state index contributed by atoms with van der Waals surface area (Å²) in [7, 11) is 0. The summed E-state index contributed by atoms with van der Waals surface area (Å²) in [5, 5.41) is 13.6. The van der Waals surface area contributed by atoms with E-state index in [9.17, 15) is 24.3 Å². The maximum absolute atomic E-state index is 14.6. The fourth-order valence-corrected chi connectivity index (χ4v) is 7.28. The topological polar surface area (TPSA) is 125 Å². The highest BCUT2D eigenvalue weighted by Crippen LogP contribution is 2.54. The monoisotopic (exact) mass is 633 g/mol. The van der Waals surface area contributed by atoms with Crippen LogP contribution in [0.15, 0.2) is 78.9 Å². The Kier molecular flexibility index (Phi) is 8.81. The van der Waals surface area contributed by atoms with Crippen molar-refractivity contribution in [3.8, 4) is 0 Å². The van der Waals surface area contributed by atoms with Gasteiger partial charge in [-0.05, 0) is 30.5 Å². The standard InChI is InChI=1S/C34H36ClN3O7/c1-2-22(20-39)38-30-32(42)37(24-14-7-6-13-23(24)35)18-10-17-34(30)29(31(38)41)28-25(45-34)15-8-9-16-27(40)36-19-26(44-33(28)43)21-11-4-3-5-12-21/h3-8,10-15,17,22,25-26,28-30,39H,2,9,16,18-20H2,1H3,(H,36,40)/b15-8-/t22-,25+,26-,28-,29-,30+,34-/m0/s1. The maximum Gasteiger partial charge on any atom is 0.313 e. The van der Waals surface area contributed by atoms with Crippen LogP contribution in [0.3, 0.4) is 0 Å². The zero-order valence-corrected chi connectivity index (χ0v) is 25.6. The van der Waals surface area contributed by atoms with Crippen molar-refractivity contribution in [2.24, 2.45) is 11.8 Å². The van der Waals surface area contributed by atoms with Gasteiger partial charge >= 0.3 is 5.97 Å². The van der Waals surface area contributed by atoms with Crippen molar-refractivity contribution in [1.82, 2.24) is 10.2 Å². The Bertz CT molecular complexity index is 1530. The van der Waals surface area contributed by atoms with E-state index in [-0.39, 0.29) is 32.0 Å². The average Bonchev–Trinajstić information content (AvgIpc) is 3.43. The summed E-state index contributed by atoms with van der Waals surface area (Å²) in [6.45, 7) is 1.67. The van der Waals surface area contributed by atoms with Gasteiger partial charge in [-0.1, -0.05) is 85.3 Å². The third-order valence-corrected chi connectivity index (χ3v) is 9.52. The number of cyclic esters (lactones) is 1.